The van der Waals surface area contributed by atoms with Gasteiger partial charge in [0.2, 0.25) is 0 Å². The van der Waals surface area contributed by atoms with Crippen LogP contribution in [0.25, 0.3) is 0 Å². The molecule has 1 saturated heterocycles. The lowest BCUT2D eigenvalue weighted by atomic mass is 10.1. The molecule has 2 heterocycles. The number of anilines is 1. The van der Waals surface area contributed by atoms with Crippen molar-refractivity contribution in [1.29, 1.82) is 0 Å². The van der Waals surface area contributed by atoms with E-state index in [1.54, 1.807) is 11.8 Å². The first-order valence-electron chi connectivity index (χ1n) is 7.85. The maximum Gasteiger partial charge on any atom is 0.123 e. The fourth-order valence-corrected chi connectivity index (χ4v) is 2.96. The van der Waals surface area contributed by atoms with E-state index in [2.05, 4.69) is 33.5 Å². The van der Waals surface area contributed by atoms with Gasteiger partial charge in [0.15, 0.2) is 0 Å². The second-order valence-corrected chi connectivity index (χ2v) is 5.89. The van der Waals surface area contributed by atoms with E-state index in [0.29, 0.717) is 0 Å². The molecule has 0 radical (unpaired) electrons. The van der Waals surface area contributed by atoms with E-state index in [-0.39, 0.29) is 0 Å². The summed E-state index contributed by atoms with van der Waals surface area (Å²) in [6, 6.07) is 6.45. The van der Waals surface area contributed by atoms with Gasteiger partial charge in [-0.15, -0.1) is 0 Å². The first kappa shape index (κ1) is 14.9. The molecule has 0 saturated carbocycles. The molecule has 1 fully saturated rings. The van der Waals surface area contributed by atoms with E-state index in [9.17, 15) is 0 Å². The van der Waals surface area contributed by atoms with E-state index in [4.69, 9.17) is 4.74 Å². The molecule has 0 unspecified atom stereocenters. The van der Waals surface area contributed by atoms with Crippen molar-refractivity contribution < 1.29 is 4.74 Å². The first-order valence-corrected chi connectivity index (χ1v) is 7.85. The maximum absolute atomic E-state index is 5.52. The highest BCUT2D eigenvalue weighted by Crippen LogP contribution is 2.24. The summed E-state index contributed by atoms with van der Waals surface area (Å²) >= 11 is 0. The average Bonchev–Trinajstić information content (AvgIpc) is 3.17. The number of hydrogen-bond acceptors (Lipinski definition) is 4. The highest BCUT2D eigenvalue weighted by Gasteiger charge is 2.14. The van der Waals surface area contributed by atoms with Gasteiger partial charge in [-0.3, -0.25) is 9.58 Å². The standard InChI is InChI=1S/C17H24N4O/c1-20-13-16(11-19-20)18-10-14-5-6-17(22-2)15(9-14)12-21-7-3-4-8-21/h5-6,9,11,13,18H,3-4,7-8,10,12H2,1-2H3. The molecule has 2 aromatic rings. The van der Waals surface area contributed by atoms with Gasteiger partial charge < -0.3 is 10.1 Å². The van der Waals surface area contributed by atoms with Crippen LogP contribution in [0, 0.1) is 0 Å². The lowest BCUT2D eigenvalue weighted by molar-refractivity contribution is 0.321. The number of rotatable bonds is 6. The van der Waals surface area contributed by atoms with Crippen LogP contribution in [0.5, 0.6) is 5.75 Å². The second kappa shape index (κ2) is 6.83. The third-order valence-electron chi connectivity index (χ3n) is 4.14. The Morgan fingerprint density at radius 3 is 2.77 bits per heavy atom. The molecule has 1 aromatic heterocycles. The molecule has 118 valence electrons. The molecule has 0 atom stereocenters. The molecule has 22 heavy (non-hydrogen) atoms. The highest BCUT2D eigenvalue weighted by atomic mass is 16.5. The third kappa shape index (κ3) is 3.60. The molecule has 1 aromatic carbocycles. The lowest BCUT2D eigenvalue weighted by Gasteiger charge is -2.18. The number of ether oxygens (including phenoxy) is 1. The van der Waals surface area contributed by atoms with Crippen molar-refractivity contribution in [3.63, 3.8) is 0 Å². The zero-order chi connectivity index (χ0) is 15.4. The summed E-state index contributed by atoms with van der Waals surface area (Å²) in [5.74, 6) is 0.983. The van der Waals surface area contributed by atoms with Crippen molar-refractivity contribution in [2.24, 2.45) is 7.05 Å². The van der Waals surface area contributed by atoms with Crippen LogP contribution in [0.2, 0.25) is 0 Å². The molecule has 3 rings (SSSR count). The summed E-state index contributed by atoms with van der Waals surface area (Å²) in [5, 5.41) is 7.57. The van der Waals surface area contributed by atoms with Crippen LogP contribution in [0.4, 0.5) is 5.69 Å². The number of methoxy groups -OCH3 is 1. The first-order chi connectivity index (χ1) is 10.7. The lowest BCUT2D eigenvalue weighted by Crippen LogP contribution is -2.19. The Hall–Kier alpha value is -2.01. The monoisotopic (exact) mass is 300 g/mol. The summed E-state index contributed by atoms with van der Waals surface area (Å²) in [6.07, 6.45) is 6.44. The number of aromatic nitrogens is 2. The van der Waals surface area contributed by atoms with Crippen LogP contribution in [0.15, 0.2) is 30.6 Å². The number of nitrogens with one attached hydrogen (secondary N) is 1. The van der Waals surface area contributed by atoms with Crippen LogP contribution in [0.1, 0.15) is 24.0 Å². The minimum atomic E-state index is 0.794. The van der Waals surface area contributed by atoms with Gasteiger partial charge in [-0.2, -0.15) is 5.10 Å². The van der Waals surface area contributed by atoms with Gasteiger partial charge in [0, 0.05) is 31.9 Å². The Labute approximate surface area is 131 Å². The minimum Gasteiger partial charge on any atom is -0.496 e. The van der Waals surface area contributed by atoms with Crippen molar-refractivity contribution in [2.45, 2.75) is 25.9 Å². The van der Waals surface area contributed by atoms with E-state index in [0.717, 1.165) is 24.5 Å². The van der Waals surface area contributed by atoms with Gasteiger partial charge in [-0.25, -0.2) is 0 Å². The maximum atomic E-state index is 5.52. The van der Waals surface area contributed by atoms with Gasteiger partial charge >= 0.3 is 0 Å². The summed E-state index contributed by atoms with van der Waals surface area (Å²) in [4.78, 5) is 2.50. The van der Waals surface area contributed by atoms with Gasteiger partial charge in [-0.05, 0) is 43.6 Å². The van der Waals surface area contributed by atoms with Crippen molar-refractivity contribution in [3.05, 3.63) is 41.7 Å². The Kier molecular flexibility index (Phi) is 4.63. The van der Waals surface area contributed by atoms with Gasteiger partial charge in [0.25, 0.3) is 0 Å². The molecule has 0 spiro atoms. The van der Waals surface area contributed by atoms with Gasteiger partial charge in [-0.1, -0.05) is 6.07 Å². The quantitative estimate of drug-likeness (QED) is 0.890. The largest absolute Gasteiger partial charge is 0.496 e. The van der Waals surface area contributed by atoms with E-state index in [1.165, 1.54) is 37.1 Å². The van der Waals surface area contributed by atoms with Crippen LogP contribution >= 0.6 is 0 Å². The van der Waals surface area contributed by atoms with Gasteiger partial charge in [0.05, 0.1) is 19.0 Å². The van der Waals surface area contributed by atoms with Crippen LogP contribution < -0.4 is 10.1 Å². The smallest absolute Gasteiger partial charge is 0.123 e. The minimum absolute atomic E-state index is 0.794. The molecule has 0 aliphatic carbocycles. The SMILES string of the molecule is COc1ccc(CNc2cnn(C)c2)cc1CN1CCCC1. The molecule has 0 bridgehead atoms. The van der Waals surface area contributed by atoms with Gasteiger partial charge in [0.1, 0.15) is 5.75 Å². The summed E-state index contributed by atoms with van der Waals surface area (Å²) in [6.45, 7) is 4.16. The molecule has 1 aliphatic rings. The van der Waals surface area contributed by atoms with Crippen LogP contribution in [0.3, 0.4) is 0 Å². The summed E-state index contributed by atoms with van der Waals surface area (Å²) in [5.41, 5.74) is 3.58. The van der Waals surface area contributed by atoms with Crippen LogP contribution in [-0.2, 0) is 20.1 Å². The molecule has 5 heteroatoms. The second-order valence-electron chi connectivity index (χ2n) is 5.89. The topological polar surface area (TPSA) is 42.3 Å². The highest BCUT2D eigenvalue weighted by molar-refractivity contribution is 5.42. The Morgan fingerprint density at radius 1 is 1.27 bits per heavy atom. The molecule has 1 aliphatic heterocycles. The predicted molar refractivity (Wildman–Crippen MR) is 88.0 cm³/mol. The predicted octanol–water partition coefficient (Wildman–Crippen LogP) is 2.64. The molecule has 1 N–H and O–H groups in total. The van der Waals surface area contributed by atoms with Crippen molar-refractivity contribution in [3.8, 4) is 5.75 Å². The normalized spacial score (nSPS) is 15.2. The van der Waals surface area contributed by atoms with Crippen molar-refractivity contribution in [1.82, 2.24) is 14.7 Å². The number of aryl methyl sites for hydroxylation is 1. The Bertz CT molecular complexity index is 617. The number of benzene rings is 1. The fourth-order valence-electron chi connectivity index (χ4n) is 2.96. The third-order valence-corrected chi connectivity index (χ3v) is 4.14. The van der Waals surface area contributed by atoms with Crippen molar-refractivity contribution in [2.75, 3.05) is 25.5 Å². The number of nitrogens with zero attached hydrogens (tertiary/aromatic N) is 3. The number of hydrogen-bond donors (Lipinski definition) is 1. The number of likely N-dealkylation sites (tertiary alicyclic amines) is 1. The molecular formula is C17H24N4O. The van der Waals surface area contributed by atoms with E-state index >= 15 is 0 Å². The zero-order valence-corrected chi connectivity index (χ0v) is 13.4. The Balaban J connectivity index is 1.68. The summed E-state index contributed by atoms with van der Waals surface area (Å²) in [7, 11) is 3.67. The molecule has 0 amide bonds. The fraction of sp³-hybridized carbons (Fsp3) is 0.471. The van der Waals surface area contributed by atoms with Crippen molar-refractivity contribution >= 4 is 5.69 Å². The molecule has 5 nitrogen and oxygen atoms in total. The average molecular weight is 300 g/mol. The zero-order valence-electron chi connectivity index (χ0n) is 13.4. The molecular weight excluding hydrogens is 276 g/mol. The van der Waals surface area contributed by atoms with Crippen LogP contribution in [-0.4, -0.2) is 34.9 Å². The van der Waals surface area contributed by atoms with E-state index in [1.807, 2.05) is 19.4 Å². The Morgan fingerprint density at radius 2 is 2.09 bits per heavy atom. The van der Waals surface area contributed by atoms with E-state index < -0.39 is 0 Å². The summed E-state index contributed by atoms with van der Waals surface area (Å²) < 4.78 is 7.32.